The number of ether oxygens (including phenoxy) is 2. The topological polar surface area (TPSA) is 79.3 Å². The molecule has 0 aromatic heterocycles. The summed E-state index contributed by atoms with van der Waals surface area (Å²) in [4.78, 5) is 26.8. The van der Waals surface area contributed by atoms with Crippen molar-refractivity contribution in [3.05, 3.63) is 0 Å². The summed E-state index contributed by atoms with van der Waals surface area (Å²) in [5.41, 5.74) is -0.592. The quantitative estimate of drug-likeness (QED) is 0.850. The molecule has 0 spiro atoms. The van der Waals surface area contributed by atoms with E-state index < -0.39 is 11.7 Å². The summed E-state index contributed by atoms with van der Waals surface area (Å²) in [6.07, 6.45) is -1.02. The molecule has 1 aliphatic rings. The van der Waals surface area contributed by atoms with E-state index >= 15 is 0 Å². The van der Waals surface area contributed by atoms with E-state index in [0.717, 1.165) is 0 Å². The molecule has 1 heterocycles. The van der Waals surface area contributed by atoms with Gasteiger partial charge in [-0.3, -0.25) is 4.90 Å². The van der Waals surface area contributed by atoms with Crippen LogP contribution in [0.5, 0.6) is 0 Å². The van der Waals surface area contributed by atoms with Gasteiger partial charge < -0.3 is 19.5 Å². The molecule has 0 radical (unpaired) electrons. The second kappa shape index (κ2) is 6.98. The van der Waals surface area contributed by atoms with Crippen LogP contribution in [0.1, 0.15) is 34.6 Å². The lowest BCUT2D eigenvalue weighted by Crippen LogP contribution is -2.63. The highest BCUT2D eigenvalue weighted by Gasteiger charge is 2.39. The molecule has 7 nitrogen and oxygen atoms in total. The van der Waals surface area contributed by atoms with Crippen LogP contribution < -0.4 is 0 Å². The molecule has 0 atom stereocenters. The predicted molar refractivity (Wildman–Crippen MR) is 77.0 cm³/mol. The van der Waals surface area contributed by atoms with Crippen LogP contribution in [0.15, 0.2) is 0 Å². The highest BCUT2D eigenvalue weighted by molar-refractivity contribution is 5.71. The van der Waals surface area contributed by atoms with Crippen molar-refractivity contribution in [1.82, 2.24) is 9.80 Å². The number of aliphatic hydroxyl groups is 1. The molecular weight excluding hydrogens is 276 g/mol. The molecule has 0 saturated carbocycles. The second-order valence-corrected chi connectivity index (χ2v) is 6.39. The van der Waals surface area contributed by atoms with Crippen molar-refractivity contribution < 1.29 is 24.2 Å². The Morgan fingerprint density at radius 3 is 2.33 bits per heavy atom. The summed E-state index contributed by atoms with van der Waals surface area (Å²) in [7, 11) is 0. The van der Waals surface area contributed by atoms with Crippen LogP contribution in [0, 0.1) is 0 Å². The summed E-state index contributed by atoms with van der Waals surface area (Å²) >= 11 is 0. The van der Waals surface area contributed by atoms with Crippen molar-refractivity contribution >= 4 is 12.2 Å². The van der Waals surface area contributed by atoms with Crippen LogP contribution in [0.3, 0.4) is 0 Å². The summed E-state index contributed by atoms with van der Waals surface area (Å²) in [5.74, 6) is 0. The Morgan fingerprint density at radius 2 is 1.90 bits per heavy atom. The molecule has 1 N–H and O–H groups in total. The lowest BCUT2D eigenvalue weighted by atomic mass is 10.1. The monoisotopic (exact) mass is 302 g/mol. The minimum atomic E-state index is -0.592. The van der Waals surface area contributed by atoms with Gasteiger partial charge >= 0.3 is 12.2 Å². The van der Waals surface area contributed by atoms with Crippen LogP contribution in [-0.4, -0.2) is 71.1 Å². The number of carbonyl (C=O) groups excluding carboxylic acids is 2. The van der Waals surface area contributed by atoms with E-state index in [2.05, 4.69) is 0 Å². The average molecular weight is 302 g/mol. The van der Waals surface area contributed by atoms with E-state index in [4.69, 9.17) is 14.6 Å². The lowest BCUT2D eigenvalue weighted by molar-refractivity contribution is -0.0204. The normalized spacial score (nSPS) is 15.7. The zero-order chi connectivity index (χ0) is 16.2. The van der Waals surface area contributed by atoms with Gasteiger partial charge in [0.15, 0.2) is 0 Å². The van der Waals surface area contributed by atoms with Crippen molar-refractivity contribution in [2.75, 3.05) is 26.2 Å². The SMILES string of the molecule is CC(C)OC(=O)N1CC(N(CCO)C(=O)OC(C)(C)C)C1. The Morgan fingerprint density at radius 1 is 1.33 bits per heavy atom. The van der Waals surface area contributed by atoms with Gasteiger partial charge in [-0.15, -0.1) is 0 Å². The van der Waals surface area contributed by atoms with Crippen molar-refractivity contribution in [3.63, 3.8) is 0 Å². The summed E-state index contributed by atoms with van der Waals surface area (Å²) < 4.78 is 10.4. The van der Waals surface area contributed by atoms with Crippen LogP contribution >= 0.6 is 0 Å². The fourth-order valence-electron chi connectivity index (χ4n) is 1.93. The number of aliphatic hydroxyl groups excluding tert-OH is 1. The van der Waals surface area contributed by atoms with E-state index in [1.165, 1.54) is 9.80 Å². The highest BCUT2D eigenvalue weighted by atomic mass is 16.6. The smallest absolute Gasteiger partial charge is 0.410 e. The van der Waals surface area contributed by atoms with Gasteiger partial charge in [-0.1, -0.05) is 0 Å². The molecule has 2 amide bonds. The van der Waals surface area contributed by atoms with Gasteiger partial charge in [0, 0.05) is 19.6 Å². The molecule has 0 aliphatic carbocycles. The van der Waals surface area contributed by atoms with Crippen LogP contribution in [0.25, 0.3) is 0 Å². The number of hydrogen-bond acceptors (Lipinski definition) is 5. The minimum absolute atomic E-state index is 0.147. The third-order valence-corrected chi connectivity index (χ3v) is 2.87. The maximum absolute atomic E-state index is 12.1. The maximum Gasteiger partial charge on any atom is 0.410 e. The Kier molecular flexibility index (Phi) is 5.83. The Balaban J connectivity index is 2.53. The van der Waals surface area contributed by atoms with Gasteiger partial charge in [-0.2, -0.15) is 0 Å². The number of likely N-dealkylation sites (tertiary alicyclic amines) is 1. The van der Waals surface area contributed by atoms with Gasteiger partial charge in [-0.05, 0) is 34.6 Å². The van der Waals surface area contributed by atoms with E-state index in [0.29, 0.717) is 13.1 Å². The molecule has 1 rings (SSSR count). The van der Waals surface area contributed by atoms with Gasteiger partial charge in [0.05, 0.1) is 18.8 Å². The number of nitrogens with zero attached hydrogens (tertiary/aromatic N) is 2. The van der Waals surface area contributed by atoms with E-state index in [1.54, 1.807) is 34.6 Å². The molecular formula is C14H26N2O5. The largest absolute Gasteiger partial charge is 0.447 e. The van der Waals surface area contributed by atoms with Crippen molar-refractivity contribution in [2.45, 2.75) is 52.4 Å². The molecule has 1 aliphatic heterocycles. The number of rotatable bonds is 4. The van der Waals surface area contributed by atoms with Gasteiger partial charge in [0.2, 0.25) is 0 Å². The highest BCUT2D eigenvalue weighted by Crippen LogP contribution is 2.19. The average Bonchev–Trinajstić information content (AvgIpc) is 2.22. The predicted octanol–water partition coefficient (Wildman–Crippen LogP) is 1.44. The molecule has 122 valence electrons. The molecule has 0 aromatic carbocycles. The zero-order valence-electron chi connectivity index (χ0n) is 13.5. The van der Waals surface area contributed by atoms with Crippen molar-refractivity contribution in [3.8, 4) is 0 Å². The first kappa shape index (κ1) is 17.6. The van der Waals surface area contributed by atoms with E-state index in [-0.39, 0.29) is 31.4 Å². The Labute approximate surface area is 125 Å². The minimum Gasteiger partial charge on any atom is -0.447 e. The Hall–Kier alpha value is -1.50. The van der Waals surface area contributed by atoms with Crippen LogP contribution in [0.2, 0.25) is 0 Å². The fourth-order valence-corrected chi connectivity index (χ4v) is 1.93. The summed E-state index contributed by atoms with van der Waals surface area (Å²) in [6, 6.07) is -0.147. The van der Waals surface area contributed by atoms with Gasteiger partial charge in [-0.25, -0.2) is 9.59 Å². The summed E-state index contributed by atoms with van der Waals surface area (Å²) in [5, 5.41) is 9.09. The van der Waals surface area contributed by atoms with Crippen LogP contribution in [0.4, 0.5) is 9.59 Å². The first-order chi connectivity index (χ1) is 9.64. The molecule has 1 saturated heterocycles. The fraction of sp³-hybridized carbons (Fsp3) is 0.857. The standard InChI is InChI=1S/C14H26N2O5/c1-10(2)20-12(18)15-8-11(9-15)16(6-7-17)13(19)21-14(3,4)5/h10-11,17H,6-9H2,1-5H3. The Bertz CT molecular complexity index is 372. The van der Waals surface area contributed by atoms with E-state index in [9.17, 15) is 9.59 Å². The molecule has 7 heteroatoms. The van der Waals surface area contributed by atoms with Crippen molar-refractivity contribution in [1.29, 1.82) is 0 Å². The number of carbonyl (C=O) groups is 2. The lowest BCUT2D eigenvalue weighted by Gasteiger charge is -2.44. The first-order valence-electron chi connectivity index (χ1n) is 7.20. The maximum atomic E-state index is 12.1. The molecule has 0 unspecified atom stereocenters. The first-order valence-corrected chi connectivity index (χ1v) is 7.20. The molecule has 1 fully saturated rings. The number of amides is 2. The van der Waals surface area contributed by atoms with Gasteiger partial charge in [0.1, 0.15) is 5.60 Å². The third kappa shape index (κ3) is 5.41. The summed E-state index contributed by atoms with van der Waals surface area (Å²) in [6.45, 7) is 9.76. The van der Waals surface area contributed by atoms with Crippen molar-refractivity contribution in [2.24, 2.45) is 0 Å². The molecule has 0 bridgehead atoms. The van der Waals surface area contributed by atoms with Gasteiger partial charge in [0.25, 0.3) is 0 Å². The molecule has 0 aromatic rings. The second-order valence-electron chi connectivity index (χ2n) is 6.39. The van der Waals surface area contributed by atoms with Crippen LogP contribution in [-0.2, 0) is 9.47 Å². The zero-order valence-corrected chi connectivity index (χ0v) is 13.5. The van der Waals surface area contributed by atoms with E-state index in [1.807, 2.05) is 0 Å². The molecule has 21 heavy (non-hydrogen) atoms. The number of hydrogen-bond donors (Lipinski definition) is 1. The third-order valence-electron chi connectivity index (χ3n) is 2.87.